The normalized spacial score (nSPS) is 16.0. The molecule has 36 heavy (non-hydrogen) atoms. The lowest BCUT2D eigenvalue weighted by Gasteiger charge is -2.30. The summed E-state index contributed by atoms with van der Waals surface area (Å²) in [4.78, 5) is 27.3. The average molecular weight is 486 g/mol. The maximum Gasteiger partial charge on any atom is 0.253 e. The maximum absolute atomic E-state index is 12.4. The molecule has 1 amide bonds. The molecule has 1 aliphatic heterocycles. The Labute approximate surface area is 210 Å². The molecule has 0 spiro atoms. The third-order valence-electron chi connectivity index (χ3n) is 6.64. The summed E-state index contributed by atoms with van der Waals surface area (Å²) in [5, 5.41) is 10.1. The van der Waals surface area contributed by atoms with Gasteiger partial charge in [0.15, 0.2) is 0 Å². The number of rotatable bonds is 7. The molecule has 1 atom stereocenters. The highest BCUT2D eigenvalue weighted by Crippen LogP contribution is 2.35. The summed E-state index contributed by atoms with van der Waals surface area (Å²) >= 11 is 0. The van der Waals surface area contributed by atoms with Gasteiger partial charge >= 0.3 is 0 Å². The van der Waals surface area contributed by atoms with Crippen LogP contribution in [0.1, 0.15) is 34.7 Å². The molecule has 1 unspecified atom stereocenters. The van der Waals surface area contributed by atoms with Crippen molar-refractivity contribution in [3.8, 4) is 5.75 Å². The van der Waals surface area contributed by atoms with Crippen molar-refractivity contribution in [3.05, 3.63) is 65.9 Å². The van der Waals surface area contributed by atoms with Gasteiger partial charge in [-0.3, -0.25) is 4.79 Å². The first-order valence-electron chi connectivity index (χ1n) is 12.1. The molecule has 186 valence electrons. The van der Waals surface area contributed by atoms with E-state index in [-0.39, 0.29) is 5.91 Å². The topological polar surface area (TPSA) is 107 Å². The minimum Gasteiger partial charge on any atom is -0.495 e. The second kappa shape index (κ2) is 10.2. The lowest BCUT2D eigenvalue weighted by atomic mass is 9.90. The lowest BCUT2D eigenvalue weighted by molar-refractivity contribution is 0.0964. The number of methoxy groups -OCH3 is 1. The number of nitrogens with one attached hydrogen (secondary N) is 4. The van der Waals surface area contributed by atoms with Gasteiger partial charge in [-0.05, 0) is 68.2 Å². The van der Waals surface area contributed by atoms with Crippen molar-refractivity contribution in [2.75, 3.05) is 44.9 Å². The number of nitrogens with zero attached hydrogens (tertiary/aromatic N) is 3. The van der Waals surface area contributed by atoms with Crippen LogP contribution in [0.3, 0.4) is 0 Å². The maximum atomic E-state index is 12.4. The molecule has 3 heterocycles. The van der Waals surface area contributed by atoms with Crippen LogP contribution in [0.15, 0.2) is 54.7 Å². The van der Waals surface area contributed by atoms with E-state index >= 15 is 0 Å². The number of hydrogen-bond acceptors (Lipinski definition) is 7. The number of para-hydroxylation sites is 1. The minimum atomic E-state index is -0.176. The molecule has 5 rings (SSSR count). The number of carbonyl (C=O) groups excluding carboxylic acids is 1. The van der Waals surface area contributed by atoms with E-state index in [0.717, 1.165) is 29.9 Å². The zero-order valence-corrected chi connectivity index (χ0v) is 20.8. The Morgan fingerprint density at radius 3 is 2.78 bits per heavy atom. The minimum absolute atomic E-state index is 0.176. The standard InChI is InChI=1S/C27H31N7O2/c1-28-26(35)19-8-4-5-9-21(19)30-25-20-12-13-29-24(20)32-27(33-25)31-22-11-10-17(15-23(22)36-3)18-7-6-14-34(2)16-18/h4-5,8-13,15,18H,6-7,14,16H2,1-3H3,(H,28,35)(H3,29,30,31,32,33). The third-order valence-corrected chi connectivity index (χ3v) is 6.64. The first kappa shape index (κ1) is 23.6. The van der Waals surface area contributed by atoms with Gasteiger partial charge in [0.05, 0.1) is 29.4 Å². The number of fused-ring (bicyclic) bond motifs is 1. The summed E-state index contributed by atoms with van der Waals surface area (Å²) in [7, 11) is 5.46. The number of amides is 1. The van der Waals surface area contributed by atoms with E-state index in [2.05, 4.69) is 50.0 Å². The Balaban J connectivity index is 1.45. The Kier molecular flexibility index (Phi) is 6.73. The summed E-state index contributed by atoms with van der Waals surface area (Å²) in [6.45, 7) is 2.20. The van der Waals surface area contributed by atoms with Gasteiger partial charge in [0.1, 0.15) is 17.2 Å². The highest BCUT2D eigenvalue weighted by atomic mass is 16.5. The van der Waals surface area contributed by atoms with E-state index < -0.39 is 0 Å². The van der Waals surface area contributed by atoms with Gasteiger partial charge in [-0.25, -0.2) is 0 Å². The monoisotopic (exact) mass is 485 g/mol. The lowest BCUT2D eigenvalue weighted by Crippen LogP contribution is -2.30. The first-order valence-corrected chi connectivity index (χ1v) is 12.1. The van der Waals surface area contributed by atoms with Crippen molar-refractivity contribution in [1.82, 2.24) is 25.2 Å². The van der Waals surface area contributed by atoms with Crippen LogP contribution in [0.5, 0.6) is 5.75 Å². The van der Waals surface area contributed by atoms with Gasteiger partial charge in [0, 0.05) is 19.8 Å². The van der Waals surface area contributed by atoms with E-state index in [0.29, 0.717) is 34.6 Å². The van der Waals surface area contributed by atoms with Gasteiger partial charge in [-0.1, -0.05) is 18.2 Å². The number of aromatic amines is 1. The van der Waals surface area contributed by atoms with E-state index in [1.807, 2.05) is 36.5 Å². The quantitative estimate of drug-likeness (QED) is 0.302. The van der Waals surface area contributed by atoms with Gasteiger partial charge < -0.3 is 30.6 Å². The number of likely N-dealkylation sites (N-methyl/N-ethyl adjacent to an activating group) is 1. The van der Waals surface area contributed by atoms with Crippen LogP contribution in [-0.2, 0) is 0 Å². The van der Waals surface area contributed by atoms with Crippen molar-refractivity contribution in [3.63, 3.8) is 0 Å². The molecular weight excluding hydrogens is 454 g/mol. The van der Waals surface area contributed by atoms with Crippen molar-refractivity contribution < 1.29 is 9.53 Å². The molecule has 2 aromatic carbocycles. The van der Waals surface area contributed by atoms with Crippen LogP contribution in [0.25, 0.3) is 11.0 Å². The summed E-state index contributed by atoms with van der Waals surface area (Å²) in [6, 6.07) is 15.5. The van der Waals surface area contributed by atoms with E-state index in [1.165, 1.54) is 18.4 Å². The number of anilines is 4. The first-order chi connectivity index (χ1) is 17.6. The number of likely N-dealkylation sites (tertiary alicyclic amines) is 1. The molecular formula is C27H31N7O2. The molecule has 4 aromatic rings. The third kappa shape index (κ3) is 4.83. The highest BCUT2D eigenvalue weighted by molar-refractivity contribution is 6.01. The molecule has 0 aliphatic carbocycles. The van der Waals surface area contributed by atoms with Crippen LogP contribution in [0.4, 0.5) is 23.1 Å². The summed E-state index contributed by atoms with van der Waals surface area (Å²) in [5.41, 5.74) is 3.92. The summed E-state index contributed by atoms with van der Waals surface area (Å²) in [5.74, 6) is 2.06. The summed E-state index contributed by atoms with van der Waals surface area (Å²) in [6.07, 6.45) is 4.20. The number of aromatic nitrogens is 3. The number of carbonyl (C=O) groups is 1. The molecule has 9 nitrogen and oxygen atoms in total. The van der Waals surface area contributed by atoms with E-state index in [4.69, 9.17) is 9.72 Å². The molecule has 0 radical (unpaired) electrons. The number of ether oxygens (including phenoxy) is 1. The van der Waals surface area contributed by atoms with Crippen LogP contribution in [0.2, 0.25) is 0 Å². The second-order valence-corrected chi connectivity index (χ2v) is 9.07. The predicted molar refractivity (Wildman–Crippen MR) is 143 cm³/mol. The second-order valence-electron chi connectivity index (χ2n) is 9.07. The van der Waals surface area contributed by atoms with E-state index in [1.54, 1.807) is 20.2 Å². The number of hydrogen-bond donors (Lipinski definition) is 4. The van der Waals surface area contributed by atoms with Crippen LogP contribution in [0, 0.1) is 0 Å². The van der Waals surface area contributed by atoms with Crippen molar-refractivity contribution in [2.45, 2.75) is 18.8 Å². The van der Waals surface area contributed by atoms with Crippen molar-refractivity contribution in [2.24, 2.45) is 0 Å². The van der Waals surface area contributed by atoms with Crippen LogP contribution < -0.4 is 20.7 Å². The Morgan fingerprint density at radius 1 is 1.11 bits per heavy atom. The Morgan fingerprint density at radius 2 is 1.97 bits per heavy atom. The molecule has 1 fully saturated rings. The van der Waals surface area contributed by atoms with Gasteiger partial charge in [-0.2, -0.15) is 9.97 Å². The van der Waals surface area contributed by atoms with Crippen LogP contribution >= 0.6 is 0 Å². The number of benzene rings is 2. The number of H-pyrrole nitrogens is 1. The molecule has 4 N–H and O–H groups in total. The zero-order chi connectivity index (χ0) is 25.1. The SMILES string of the molecule is CNC(=O)c1ccccc1Nc1nc(Nc2ccc(C3CCCN(C)C3)cc2OC)nc2[nH]ccc12. The van der Waals surface area contributed by atoms with Gasteiger partial charge in [0.2, 0.25) is 5.95 Å². The fourth-order valence-electron chi connectivity index (χ4n) is 4.77. The van der Waals surface area contributed by atoms with Gasteiger partial charge in [0.25, 0.3) is 5.91 Å². The molecule has 9 heteroatoms. The Bertz CT molecular complexity index is 1380. The van der Waals surface area contributed by atoms with Crippen molar-refractivity contribution >= 4 is 40.1 Å². The van der Waals surface area contributed by atoms with Crippen molar-refractivity contribution in [1.29, 1.82) is 0 Å². The fourth-order valence-corrected chi connectivity index (χ4v) is 4.77. The molecule has 0 bridgehead atoms. The smallest absolute Gasteiger partial charge is 0.253 e. The molecule has 1 aliphatic rings. The fraction of sp³-hybridized carbons (Fsp3) is 0.296. The highest BCUT2D eigenvalue weighted by Gasteiger charge is 2.21. The Hall–Kier alpha value is -4.11. The predicted octanol–water partition coefficient (Wildman–Crippen LogP) is 4.62. The largest absolute Gasteiger partial charge is 0.495 e. The van der Waals surface area contributed by atoms with Crippen LogP contribution in [-0.4, -0.2) is 60.1 Å². The average Bonchev–Trinajstić information content (AvgIpc) is 3.38. The molecule has 1 saturated heterocycles. The van der Waals surface area contributed by atoms with Gasteiger partial charge in [-0.15, -0.1) is 0 Å². The summed E-state index contributed by atoms with van der Waals surface area (Å²) < 4.78 is 5.73. The van der Waals surface area contributed by atoms with E-state index in [9.17, 15) is 4.79 Å². The number of piperidine rings is 1. The molecule has 2 aromatic heterocycles. The zero-order valence-electron chi connectivity index (χ0n) is 20.8. The molecule has 0 saturated carbocycles.